The zero-order valence-corrected chi connectivity index (χ0v) is 9.95. The molecule has 88 valence electrons. The van der Waals surface area contributed by atoms with Gasteiger partial charge in [-0.3, -0.25) is 4.79 Å². The first-order chi connectivity index (χ1) is 7.66. The van der Waals surface area contributed by atoms with E-state index >= 15 is 0 Å². The van der Waals surface area contributed by atoms with Crippen LogP contribution in [0.4, 0.5) is 0 Å². The monoisotopic (exact) mass is 220 g/mol. The second kappa shape index (κ2) is 3.61. The Morgan fingerprint density at radius 2 is 2.00 bits per heavy atom. The molecule has 2 fully saturated rings. The summed E-state index contributed by atoms with van der Waals surface area (Å²) in [5.41, 5.74) is -0.150. The maximum Gasteiger partial charge on any atom is 0.310 e. The highest BCUT2D eigenvalue weighted by atomic mass is 16.6. The molecule has 2 nitrogen and oxygen atoms in total. The lowest BCUT2D eigenvalue weighted by Crippen LogP contribution is -2.33. The fourth-order valence-electron chi connectivity index (χ4n) is 3.60. The van der Waals surface area contributed by atoms with Gasteiger partial charge in [0.2, 0.25) is 0 Å². The van der Waals surface area contributed by atoms with Crippen molar-refractivity contribution in [2.45, 2.75) is 51.0 Å². The van der Waals surface area contributed by atoms with Gasteiger partial charge in [-0.2, -0.15) is 0 Å². The van der Waals surface area contributed by atoms with Gasteiger partial charge in [0.15, 0.2) is 0 Å². The third kappa shape index (κ3) is 1.68. The van der Waals surface area contributed by atoms with Crippen molar-refractivity contribution in [1.29, 1.82) is 0 Å². The van der Waals surface area contributed by atoms with Crippen molar-refractivity contribution >= 4 is 5.97 Å². The van der Waals surface area contributed by atoms with E-state index in [1.807, 2.05) is 0 Å². The number of hydrogen-bond donors (Lipinski definition) is 0. The van der Waals surface area contributed by atoms with Crippen LogP contribution >= 0.6 is 0 Å². The van der Waals surface area contributed by atoms with E-state index in [4.69, 9.17) is 4.74 Å². The van der Waals surface area contributed by atoms with Crippen LogP contribution in [0.25, 0.3) is 0 Å². The summed E-state index contributed by atoms with van der Waals surface area (Å²) in [7, 11) is 0. The summed E-state index contributed by atoms with van der Waals surface area (Å²) in [6.45, 7) is 2.10. The lowest BCUT2D eigenvalue weighted by atomic mass is 9.93. The predicted molar refractivity (Wildman–Crippen MR) is 61.8 cm³/mol. The second-order valence-corrected chi connectivity index (χ2v) is 5.96. The predicted octanol–water partition coefficient (Wildman–Crippen LogP) is 3.07. The van der Waals surface area contributed by atoms with Gasteiger partial charge in [-0.25, -0.2) is 0 Å². The van der Waals surface area contributed by atoms with Crippen LogP contribution in [-0.2, 0) is 9.53 Å². The van der Waals surface area contributed by atoms with Gasteiger partial charge in [0.25, 0.3) is 0 Å². The molecule has 1 unspecified atom stereocenters. The topological polar surface area (TPSA) is 26.3 Å². The van der Waals surface area contributed by atoms with Crippen molar-refractivity contribution in [3.8, 4) is 0 Å². The number of carbonyl (C=O) groups is 1. The number of rotatable bonds is 2. The maximum atomic E-state index is 12.1. The number of ether oxygens (including phenoxy) is 1. The highest BCUT2D eigenvalue weighted by Crippen LogP contribution is 2.45. The van der Waals surface area contributed by atoms with E-state index in [2.05, 4.69) is 19.1 Å². The first kappa shape index (κ1) is 10.4. The van der Waals surface area contributed by atoms with Gasteiger partial charge in [0, 0.05) is 0 Å². The Labute approximate surface area is 97.1 Å². The Kier molecular flexibility index (Phi) is 2.34. The van der Waals surface area contributed by atoms with Crippen LogP contribution in [0.1, 0.15) is 45.4 Å². The van der Waals surface area contributed by atoms with Crippen LogP contribution < -0.4 is 0 Å². The molecular weight excluding hydrogens is 200 g/mol. The third-order valence-electron chi connectivity index (χ3n) is 4.59. The number of fused-ring (bicyclic) bond motifs is 2. The highest BCUT2D eigenvalue weighted by molar-refractivity contribution is 5.74. The molecule has 0 aromatic carbocycles. The van der Waals surface area contributed by atoms with Crippen LogP contribution in [0.3, 0.4) is 0 Å². The van der Waals surface area contributed by atoms with E-state index in [0.29, 0.717) is 11.8 Å². The van der Waals surface area contributed by atoms with E-state index in [0.717, 1.165) is 19.3 Å². The minimum absolute atomic E-state index is 0.0706. The fourth-order valence-corrected chi connectivity index (χ4v) is 3.60. The SMILES string of the molecule is CC1(OC(=O)C2C[C@H]3C=C[C@@H]2C3)CCCC1. The zero-order chi connectivity index (χ0) is 11.2. The standard InChI is InChI=1S/C14H20O2/c1-14(6-2-3-7-14)16-13(15)12-9-10-4-5-11(12)8-10/h4-5,10-12H,2-3,6-9H2,1H3/t10-,11+,12?/m0/s1. The van der Waals surface area contributed by atoms with E-state index < -0.39 is 0 Å². The van der Waals surface area contributed by atoms with Crippen molar-refractivity contribution in [2.24, 2.45) is 17.8 Å². The van der Waals surface area contributed by atoms with E-state index in [1.165, 1.54) is 19.3 Å². The quantitative estimate of drug-likeness (QED) is 0.528. The molecule has 0 saturated heterocycles. The minimum atomic E-state index is -0.150. The summed E-state index contributed by atoms with van der Waals surface area (Å²) in [5, 5.41) is 0. The first-order valence-corrected chi connectivity index (χ1v) is 6.57. The molecule has 3 aliphatic rings. The van der Waals surface area contributed by atoms with Crippen LogP contribution in [0, 0.1) is 17.8 Å². The Morgan fingerprint density at radius 3 is 2.56 bits per heavy atom. The number of esters is 1. The Balaban J connectivity index is 1.63. The van der Waals surface area contributed by atoms with Crippen molar-refractivity contribution < 1.29 is 9.53 Å². The second-order valence-electron chi connectivity index (χ2n) is 5.96. The normalized spacial score (nSPS) is 39.2. The molecule has 0 aliphatic heterocycles. The number of allylic oxidation sites excluding steroid dienone is 2. The molecule has 3 atom stereocenters. The minimum Gasteiger partial charge on any atom is -0.459 e. The third-order valence-corrected chi connectivity index (χ3v) is 4.59. The molecule has 2 saturated carbocycles. The molecule has 0 heterocycles. The van der Waals surface area contributed by atoms with Gasteiger partial charge in [-0.15, -0.1) is 0 Å². The molecule has 0 aromatic heterocycles. The van der Waals surface area contributed by atoms with Crippen molar-refractivity contribution in [2.75, 3.05) is 0 Å². The van der Waals surface area contributed by atoms with Gasteiger partial charge in [-0.1, -0.05) is 12.2 Å². The summed E-state index contributed by atoms with van der Waals surface area (Å²) in [4.78, 5) is 12.1. The average molecular weight is 220 g/mol. The molecule has 0 aromatic rings. The maximum absolute atomic E-state index is 12.1. The summed E-state index contributed by atoms with van der Waals surface area (Å²) in [5.74, 6) is 1.36. The van der Waals surface area contributed by atoms with Crippen molar-refractivity contribution in [3.63, 3.8) is 0 Å². The fraction of sp³-hybridized carbons (Fsp3) is 0.786. The van der Waals surface area contributed by atoms with E-state index in [9.17, 15) is 4.79 Å². The van der Waals surface area contributed by atoms with E-state index in [-0.39, 0.29) is 17.5 Å². The van der Waals surface area contributed by atoms with E-state index in [1.54, 1.807) is 0 Å². The summed E-state index contributed by atoms with van der Waals surface area (Å²) < 4.78 is 5.76. The molecular formula is C14H20O2. The molecule has 2 bridgehead atoms. The van der Waals surface area contributed by atoms with Crippen LogP contribution in [0.5, 0.6) is 0 Å². The molecule has 3 rings (SSSR count). The Bertz CT molecular complexity index is 326. The Morgan fingerprint density at radius 1 is 1.25 bits per heavy atom. The number of carbonyl (C=O) groups excluding carboxylic acids is 1. The van der Waals surface area contributed by atoms with Crippen molar-refractivity contribution in [1.82, 2.24) is 0 Å². The summed E-state index contributed by atoms with van der Waals surface area (Å²) >= 11 is 0. The molecule has 0 spiro atoms. The first-order valence-electron chi connectivity index (χ1n) is 6.57. The van der Waals surface area contributed by atoms with Gasteiger partial charge in [-0.05, 0) is 57.3 Å². The molecule has 16 heavy (non-hydrogen) atoms. The van der Waals surface area contributed by atoms with Gasteiger partial charge < -0.3 is 4.74 Å². The van der Waals surface area contributed by atoms with Gasteiger partial charge >= 0.3 is 5.97 Å². The average Bonchev–Trinajstić information content (AvgIpc) is 2.92. The molecule has 2 heteroatoms. The summed E-state index contributed by atoms with van der Waals surface area (Å²) in [6, 6.07) is 0. The van der Waals surface area contributed by atoms with Crippen LogP contribution in [-0.4, -0.2) is 11.6 Å². The lowest BCUT2D eigenvalue weighted by molar-refractivity contribution is -0.163. The largest absolute Gasteiger partial charge is 0.459 e. The zero-order valence-electron chi connectivity index (χ0n) is 9.95. The molecule has 0 N–H and O–H groups in total. The lowest BCUT2D eigenvalue weighted by Gasteiger charge is -2.27. The smallest absolute Gasteiger partial charge is 0.310 e. The number of hydrogen-bond acceptors (Lipinski definition) is 2. The molecule has 0 radical (unpaired) electrons. The Hall–Kier alpha value is -0.790. The molecule has 0 amide bonds. The van der Waals surface area contributed by atoms with Crippen LogP contribution in [0.2, 0.25) is 0 Å². The summed E-state index contributed by atoms with van der Waals surface area (Å²) in [6.07, 6.45) is 11.2. The molecule has 3 aliphatic carbocycles. The van der Waals surface area contributed by atoms with Crippen LogP contribution in [0.15, 0.2) is 12.2 Å². The van der Waals surface area contributed by atoms with Gasteiger partial charge in [0.1, 0.15) is 5.60 Å². The van der Waals surface area contributed by atoms with Gasteiger partial charge in [0.05, 0.1) is 5.92 Å². The highest BCUT2D eigenvalue weighted by Gasteiger charge is 2.43. The van der Waals surface area contributed by atoms with Crippen molar-refractivity contribution in [3.05, 3.63) is 12.2 Å².